The summed E-state index contributed by atoms with van der Waals surface area (Å²) in [5.74, 6) is 6.42. The number of hydrogen-bond donors (Lipinski definition) is 3. The predicted octanol–water partition coefficient (Wildman–Crippen LogP) is 6.29. The van der Waals surface area contributed by atoms with Crippen molar-refractivity contribution in [3.05, 3.63) is 94.2 Å². The summed E-state index contributed by atoms with van der Waals surface area (Å²) >= 11 is 0. The van der Waals surface area contributed by atoms with E-state index in [2.05, 4.69) is 25.7 Å². The Balaban J connectivity index is 2.76. The van der Waals surface area contributed by atoms with Crippen molar-refractivity contribution >= 4 is 0 Å². The molecule has 0 aromatic carbocycles. The van der Waals surface area contributed by atoms with E-state index in [4.69, 9.17) is 0 Å². The molecular weight excluding hydrogens is 420 g/mol. The third kappa shape index (κ3) is 10.1. The molecule has 0 heterocycles. The molecule has 3 N–H and O–H groups in total. The Kier molecular flexibility index (Phi) is 12.0. The molecule has 0 fully saturated rings. The largest absolute Gasteiger partial charge is 0.390 e. The Morgan fingerprint density at radius 1 is 0.912 bits per heavy atom. The van der Waals surface area contributed by atoms with Crippen LogP contribution < -0.4 is 0 Å². The highest BCUT2D eigenvalue weighted by Gasteiger charge is 2.37. The van der Waals surface area contributed by atoms with Crippen LogP contribution in [-0.4, -0.2) is 33.6 Å². The van der Waals surface area contributed by atoms with Crippen LogP contribution in [0.3, 0.4) is 0 Å². The first-order chi connectivity index (χ1) is 15.8. The van der Waals surface area contributed by atoms with Gasteiger partial charge in [-0.3, -0.25) is 0 Å². The van der Waals surface area contributed by atoms with Crippen molar-refractivity contribution in [1.82, 2.24) is 0 Å². The summed E-state index contributed by atoms with van der Waals surface area (Å²) in [4.78, 5) is 0. The average Bonchev–Trinajstić information content (AvgIpc) is 2.74. The summed E-state index contributed by atoms with van der Waals surface area (Å²) in [5, 5.41) is 29.7. The summed E-state index contributed by atoms with van der Waals surface area (Å²) < 4.78 is 0. The Labute approximate surface area is 207 Å². The zero-order chi connectivity index (χ0) is 25.9. The van der Waals surface area contributed by atoms with Crippen molar-refractivity contribution in [3.63, 3.8) is 0 Å². The zero-order valence-electron chi connectivity index (χ0n) is 22.1. The van der Waals surface area contributed by atoms with Crippen LogP contribution >= 0.6 is 0 Å². The first kappa shape index (κ1) is 29.4. The molecule has 1 rings (SSSR count). The van der Waals surface area contributed by atoms with Crippen LogP contribution in [0.2, 0.25) is 0 Å². The van der Waals surface area contributed by atoms with Crippen molar-refractivity contribution in [3.8, 4) is 11.8 Å². The Hall–Kier alpha value is -2.64. The van der Waals surface area contributed by atoms with Crippen LogP contribution in [0, 0.1) is 17.3 Å². The number of rotatable bonds is 7. The molecule has 0 amide bonds. The maximum atomic E-state index is 10.2. The van der Waals surface area contributed by atoms with E-state index in [1.165, 1.54) is 0 Å². The average molecular weight is 463 g/mol. The molecule has 184 valence electrons. The summed E-state index contributed by atoms with van der Waals surface area (Å²) in [6, 6.07) is 0. The van der Waals surface area contributed by atoms with Crippen molar-refractivity contribution in [2.45, 2.75) is 80.1 Å². The lowest BCUT2D eigenvalue weighted by Crippen LogP contribution is -2.39. The molecule has 1 aliphatic carbocycles. The predicted molar refractivity (Wildman–Crippen MR) is 145 cm³/mol. The highest BCUT2D eigenvalue weighted by molar-refractivity contribution is 5.46. The van der Waals surface area contributed by atoms with Gasteiger partial charge in [-0.15, -0.1) is 0 Å². The minimum Gasteiger partial charge on any atom is -0.390 e. The van der Waals surface area contributed by atoms with Gasteiger partial charge in [0.2, 0.25) is 0 Å². The second-order valence-corrected chi connectivity index (χ2v) is 9.77. The SMILES string of the molecule is CC1=C(C#C/C(C)=C/C=C/C(C)=C/C=C/C=C(C)/C=C/C=C(\C)C(C)O)C(C)(C)C[C@H](O)C1O. The second-order valence-electron chi connectivity index (χ2n) is 9.77. The Morgan fingerprint density at radius 2 is 1.44 bits per heavy atom. The lowest BCUT2D eigenvalue weighted by atomic mass is 9.71. The van der Waals surface area contributed by atoms with E-state index in [-0.39, 0.29) is 5.41 Å². The van der Waals surface area contributed by atoms with E-state index in [1.54, 1.807) is 6.92 Å². The molecule has 0 saturated heterocycles. The minimum absolute atomic E-state index is 0.256. The van der Waals surface area contributed by atoms with E-state index in [9.17, 15) is 15.3 Å². The normalized spacial score (nSPS) is 23.7. The zero-order valence-corrected chi connectivity index (χ0v) is 22.1. The molecule has 0 saturated carbocycles. The van der Waals surface area contributed by atoms with Crippen molar-refractivity contribution in [1.29, 1.82) is 0 Å². The second kappa shape index (κ2) is 13.9. The fraction of sp³-hybridized carbons (Fsp3) is 0.419. The van der Waals surface area contributed by atoms with E-state index in [0.717, 1.165) is 33.4 Å². The quantitative estimate of drug-likeness (QED) is 0.308. The van der Waals surface area contributed by atoms with Gasteiger partial charge < -0.3 is 15.3 Å². The molecule has 2 unspecified atom stereocenters. The van der Waals surface area contributed by atoms with Gasteiger partial charge in [0.1, 0.15) is 6.10 Å². The molecule has 0 aromatic rings. The molecule has 34 heavy (non-hydrogen) atoms. The Bertz CT molecular complexity index is 1010. The first-order valence-corrected chi connectivity index (χ1v) is 11.8. The van der Waals surface area contributed by atoms with Crippen LogP contribution in [0.1, 0.15) is 61.8 Å². The smallest absolute Gasteiger partial charge is 0.102 e. The van der Waals surface area contributed by atoms with Crippen molar-refractivity contribution in [2.24, 2.45) is 5.41 Å². The Morgan fingerprint density at radius 3 is 1.97 bits per heavy atom. The first-order valence-electron chi connectivity index (χ1n) is 11.8. The lowest BCUT2D eigenvalue weighted by Gasteiger charge is -2.37. The van der Waals surface area contributed by atoms with Gasteiger partial charge in [-0.1, -0.05) is 97.6 Å². The molecule has 0 aromatic heterocycles. The molecule has 3 atom stereocenters. The summed E-state index contributed by atoms with van der Waals surface area (Å²) in [7, 11) is 0. The maximum Gasteiger partial charge on any atom is 0.102 e. The summed E-state index contributed by atoms with van der Waals surface area (Å²) in [6.45, 7) is 15.7. The standard InChI is InChI=1S/C31H42O3/c1-22(13-9-10-14-23(2)17-12-18-25(4)27(6)32)15-11-16-24(3)19-20-28-26(5)30(34)29(33)21-31(28,7)8/h9-18,27,29-30,32-34H,21H2,1-8H3/b10-9+,15-11+,17-12+,22-13+,23-14+,24-16+,25-18+/t27?,29-,30?/m0/s1. The van der Waals surface area contributed by atoms with Gasteiger partial charge >= 0.3 is 0 Å². The summed E-state index contributed by atoms with van der Waals surface area (Å²) in [6.07, 6.45) is 18.5. The number of aliphatic hydroxyl groups excluding tert-OH is 3. The van der Waals surface area contributed by atoms with Crippen LogP contribution in [0.4, 0.5) is 0 Å². The van der Waals surface area contributed by atoms with Crippen LogP contribution in [-0.2, 0) is 0 Å². The van der Waals surface area contributed by atoms with Gasteiger partial charge in [-0.05, 0) is 64.7 Å². The number of allylic oxidation sites excluding steroid dienone is 14. The highest BCUT2D eigenvalue weighted by Crippen LogP contribution is 2.40. The molecule has 3 heteroatoms. The molecule has 0 radical (unpaired) electrons. The molecular formula is C31H42O3. The molecule has 0 bridgehead atoms. The minimum atomic E-state index is -0.840. The topological polar surface area (TPSA) is 60.7 Å². The number of aliphatic hydroxyl groups is 3. The van der Waals surface area contributed by atoms with Crippen LogP contribution in [0.25, 0.3) is 0 Å². The monoisotopic (exact) mass is 462 g/mol. The van der Waals surface area contributed by atoms with Gasteiger partial charge in [-0.2, -0.15) is 0 Å². The molecule has 0 spiro atoms. The van der Waals surface area contributed by atoms with E-state index < -0.39 is 18.3 Å². The fourth-order valence-electron chi connectivity index (χ4n) is 3.54. The third-order valence-electron chi connectivity index (χ3n) is 5.90. The van der Waals surface area contributed by atoms with Crippen LogP contribution in [0.15, 0.2) is 94.2 Å². The maximum absolute atomic E-state index is 10.2. The summed E-state index contributed by atoms with van der Waals surface area (Å²) in [5.41, 5.74) is 5.53. The van der Waals surface area contributed by atoms with Gasteiger partial charge in [0, 0.05) is 11.0 Å². The van der Waals surface area contributed by atoms with Gasteiger partial charge in [-0.25, -0.2) is 0 Å². The third-order valence-corrected chi connectivity index (χ3v) is 5.90. The van der Waals surface area contributed by atoms with E-state index in [1.807, 2.05) is 95.4 Å². The highest BCUT2D eigenvalue weighted by atomic mass is 16.3. The van der Waals surface area contributed by atoms with Crippen molar-refractivity contribution in [2.75, 3.05) is 0 Å². The van der Waals surface area contributed by atoms with E-state index in [0.29, 0.717) is 6.42 Å². The van der Waals surface area contributed by atoms with Gasteiger partial charge in [0.15, 0.2) is 0 Å². The lowest BCUT2D eigenvalue weighted by molar-refractivity contribution is 0.00721. The van der Waals surface area contributed by atoms with Gasteiger partial charge in [0.05, 0.1) is 12.2 Å². The van der Waals surface area contributed by atoms with Crippen molar-refractivity contribution < 1.29 is 15.3 Å². The van der Waals surface area contributed by atoms with E-state index >= 15 is 0 Å². The number of hydrogen-bond acceptors (Lipinski definition) is 3. The molecule has 1 aliphatic rings. The molecule has 0 aliphatic heterocycles. The fourth-order valence-corrected chi connectivity index (χ4v) is 3.54. The van der Waals surface area contributed by atoms with Crippen LogP contribution in [0.5, 0.6) is 0 Å². The van der Waals surface area contributed by atoms with Gasteiger partial charge in [0.25, 0.3) is 0 Å². The molecule has 3 nitrogen and oxygen atoms in total.